The summed E-state index contributed by atoms with van der Waals surface area (Å²) >= 11 is 6.26. The van der Waals surface area contributed by atoms with Crippen LogP contribution in [0.4, 0.5) is 0 Å². The van der Waals surface area contributed by atoms with Gasteiger partial charge in [-0.3, -0.25) is 4.79 Å². The minimum Gasteiger partial charge on any atom is -0.360 e. The van der Waals surface area contributed by atoms with Gasteiger partial charge >= 0.3 is 0 Å². The minimum atomic E-state index is -0.295. The number of nitrogens with one attached hydrogen (secondary N) is 1. The Morgan fingerprint density at radius 2 is 1.89 bits per heavy atom. The summed E-state index contributed by atoms with van der Waals surface area (Å²) in [5.41, 5.74) is 2.41. The number of para-hydroxylation sites is 1. The third-order valence-electron chi connectivity index (χ3n) is 4.38. The summed E-state index contributed by atoms with van der Waals surface area (Å²) < 4.78 is 7.19. The van der Waals surface area contributed by atoms with E-state index in [9.17, 15) is 4.79 Å². The normalized spacial score (nSPS) is 10.8. The quantitative estimate of drug-likeness (QED) is 0.545. The van der Waals surface area contributed by atoms with Gasteiger partial charge in [-0.2, -0.15) is 0 Å². The predicted molar refractivity (Wildman–Crippen MR) is 106 cm³/mol. The smallest absolute Gasteiger partial charge is 0.257 e. The van der Waals surface area contributed by atoms with Gasteiger partial charge in [-0.1, -0.05) is 53.2 Å². The molecule has 4 rings (SSSR count). The number of aromatic nitrogens is 3. The van der Waals surface area contributed by atoms with E-state index in [1.807, 2.05) is 53.2 Å². The average molecular weight is 393 g/mol. The fourth-order valence-corrected chi connectivity index (χ4v) is 3.24. The predicted octanol–water partition coefficient (Wildman–Crippen LogP) is 4.42. The lowest BCUT2D eigenvalue weighted by molar-refractivity contribution is 0.0948. The van der Waals surface area contributed by atoms with Crippen molar-refractivity contribution in [3.63, 3.8) is 0 Å². The van der Waals surface area contributed by atoms with Crippen LogP contribution in [0.25, 0.3) is 16.9 Å². The molecule has 28 heavy (non-hydrogen) atoms. The molecule has 2 aromatic heterocycles. The van der Waals surface area contributed by atoms with E-state index < -0.39 is 0 Å². The highest BCUT2D eigenvalue weighted by molar-refractivity contribution is 6.33. The molecule has 0 bridgehead atoms. The monoisotopic (exact) mass is 392 g/mol. The number of carbonyl (C=O) groups excluding carboxylic acids is 1. The molecule has 4 aromatic rings. The molecule has 2 heterocycles. The highest BCUT2D eigenvalue weighted by atomic mass is 35.5. The van der Waals surface area contributed by atoms with Crippen molar-refractivity contribution in [2.75, 3.05) is 0 Å². The lowest BCUT2D eigenvalue weighted by Gasteiger charge is -2.09. The number of aryl methyl sites for hydroxylation is 1. The van der Waals surface area contributed by atoms with Crippen molar-refractivity contribution in [3.05, 3.63) is 89.2 Å². The van der Waals surface area contributed by atoms with E-state index in [4.69, 9.17) is 16.1 Å². The molecule has 1 amide bonds. The van der Waals surface area contributed by atoms with Gasteiger partial charge in [-0.05, 0) is 25.1 Å². The number of imidazole rings is 1. The summed E-state index contributed by atoms with van der Waals surface area (Å²) in [6.45, 7) is 1.96. The lowest BCUT2D eigenvalue weighted by Crippen LogP contribution is -2.25. The molecule has 6 nitrogen and oxygen atoms in total. The highest BCUT2D eigenvalue weighted by Crippen LogP contribution is 2.30. The fourth-order valence-electron chi connectivity index (χ4n) is 3.01. The molecule has 140 valence electrons. The number of hydrogen-bond acceptors (Lipinski definition) is 4. The Morgan fingerprint density at radius 1 is 1.14 bits per heavy atom. The van der Waals surface area contributed by atoms with Gasteiger partial charge in [-0.25, -0.2) is 4.98 Å². The van der Waals surface area contributed by atoms with Crippen LogP contribution in [-0.2, 0) is 6.54 Å². The Hall–Kier alpha value is -3.38. The molecule has 0 saturated carbocycles. The molecule has 0 aliphatic carbocycles. The zero-order chi connectivity index (χ0) is 19.5. The number of benzene rings is 2. The van der Waals surface area contributed by atoms with Gasteiger partial charge in [0.15, 0.2) is 0 Å². The molecule has 0 unspecified atom stereocenters. The third kappa shape index (κ3) is 3.42. The largest absolute Gasteiger partial charge is 0.360 e. The van der Waals surface area contributed by atoms with Gasteiger partial charge < -0.3 is 14.4 Å². The Labute approximate surface area is 166 Å². The van der Waals surface area contributed by atoms with Gasteiger partial charge in [0.25, 0.3) is 5.91 Å². The van der Waals surface area contributed by atoms with E-state index >= 15 is 0 Å². The minimum absolute atomic E-state index is 0.257. The molecule has 0 atom stereocenters. The molecule has 2 aromatic carbocycles. The first-order valence-electron chi connectivity index (χ1n) is 8.72. The summed E-state index contributed by atoms with van der Waals surface area (Å²) in [7, 11) is 0. The number of hydrogen-bond donors (Lipinski definition) is 1. The molecule has 0 radical (unpaired) electrons. The Balaban J connectivity index is 1.58. The van der Waals surface area contributed by atoms with E-state index in [-0.39, 0.29) is 12.5 Å². The SMILES string of the molecule is Cc1onc(-c2ccccc2Cl)c1C(=O)NCc1nccn1-c1ccccc1. The third-order valence-corrected chi connectivity index (χ3v) is 4.71. The van der Waals surface area contributed by atoms with Gasteiger partial charge in [0.05, 0.1) is 11.6 Å². The van der Waals surface area contributed by atoms with Crippen LogP contribution in [0, 0.1) is 6.92 Å². The van der Waals surface area contributed by atoms with Crippen LogP contribution in [0.1, 0.15) is 21.9 Å². The van der Waals surface area contributed by atoms with Crippen LogP contribution in [0.15, 0.2) is 71.5 Å². The van der Waals surface area contributed by atoms with E-state index in [0.29, 0.717) is 33.4 Å². The topological polar surface area (TPSA) is 73.0 Å². The summed E-state index contributed by atoms with van der Waals surface area (Å²) in [6, 6.07) is 17.0. The molecule has 0 spiro atoms. The second kappa shape index (κ2) is 7.70. The van der Waals surface area contributed by atoms with Crippen LogP contribution in [0.5, 0.6) is 0 Å². The molecule has 0 aliphatic rings. The maximum Gasteiger partial charge on any atom is 0.257 e. The van der Waals surface area contributed by atoms with Crippen LogP contribution in [-0.4, -0.2) is 20.6 Å². The molecule has 7 heteroatoms. The summed E-state index contributed by atoms with van der Waals surface area (Å²) in [4.78, 5) is 17.2. The fraction of sp³-hybridized carbons (Fsp3) is 0.0952. The van der Waals surface area contributed by atoms with Crippen LogP contribution in [0.3, 0.4) is 0 Å². The Kier molecular flexibility index (Phi) is 4.95. The second-order valence-corrected chi connectivity index (χ2v) is 6.58. The first-order chi connectivity index (χ1) is 13.6. The zero-order valence-electron chi connectivity index (χ0n) is 15.1. The first-order valence-corrected chi connectivity index (χ1v) is 9.10. The Morgan fingerprint density at radius 3 is 2.68 bits per heavy atom. The van der Waals surface area contributed by atoms with E-state index in [1.54, 1.807) is 25.3 Å². The molecular weight excluding hydrogens is 376 g/mol. The molecule has 0 fully saturated rings. The van der Waals surface area contributed by atoms with Crippen LogP contribution >= 0.6 is 11.6 Å². The van der Waals surface area contributed by atoms with Crippen molar-refractivity contribution >= 4 is 17.5 Å². The summed E-state index contributed by atoms with van der Waals surface area (Å²) in [6.07, 6.45) is 3.56. The van der Waals surface area contributed by atoms with Crippen LogP contribution in [0.2, 0.25) is 5.02 Å². The molecule has 0 aliphatic heterocycles. The van der Waals surface area contributed by atoms with E-state index in [1.165, 1.54) is 0 Å². The number of halogens is 1. The highest BCUT2D eigenvalue weighted by Gasteiger charge is 2.23. The van der Waals surface area contributed by atoms with Gasteiger partial charge in [-0.15, -0.1) is 0 Å². The summed E-state index contributed by atoms with van der Waals surface area (Å²) in [5, 5.41) is 7.44. The number of rotatable bonds is 5. The van der Waals surface area contributed by atoms with Crippen molar-refractivity contribution in [2.45, 2.75) is 13.5 Å². The molecule has 0 saturated heterocycles. The number of carbonyl (C=O) groups is 1. The van der Waals surface area contributed by atoms with Gasteiger partial charge in [0.1, 0.15) is 22.8 Å². The second-order valence-electron chi connectivity index (χ2n) is 6.17. The Bertz CT molecular complexity index is 1120. The standard InChI is InChI=1S/C21H17ClN4O2/c1-14-19(20(25-28-14)16-9-5-6-10-17(16)22)21(27)24-13-18-23-11-12-26(18)15-7-3-2-4-8-15/h2-12H,13H2,1H3,(H,24,27). The van der Waals surface area contributed by atoms with Crippen molar-refractivity contribution < 1.29 is 9.32 Å². The molecular formula is C21H17ClN4O2. The van der Waals surface area contributed by atoms with Gasteiger partial charge in [0.2, 0.25) is 0 Å². The maximum absolute atomic E-state index is 12.9. The number of amides is 1. The zero-order valence-corrected chi connectivity index (χ0v) is 15.8. The van der Waals surface area contributed by atoms with Crippen molar-refractivity contribution in [2.24, 2.45) is 0 Å². The van der Waals surface area contributed by atoms with E-state index in [0.717, 1.165) is 5.69 Å². The first kappa shape index (κ1) is 18.0. The maximum atomic E-state index is 12.9. The van der Waals surface area contributed by atoms with Crippen molar-refractivity contribution in [1.29, 1.82) is 0 Å². The summed E-state index contributed by atoms with van der Waals surface area (Å²) in [5.74, 6) is 0.850. The number of nitrogens with zero attached hydrogens (tertiary/aromatic N) is 3. The van der Waals surface area contributed by atoms with Crippen LogP contribution < -0.4 is 5.32 Å². The molecule has 1 N–H and O–H groups in total. The lowest BCUT2D eigenvalue weighted by atomic mass is 10.1. The average Bonchev–Trinajstić information content (AvgIpc) is 3.34. The van der Waals surface area contributed by atoms with Crippen molar-refractivity contribution in [3.8, 4) is 16.9 Å². The van der Waals surface area contributed by atoms with Crippen molar-refractivity contribution in [1.82, 2.24) is 20.0 Å². The van der Waals surface area contributed by atoms with E-state index in [2.05, 4.69) is 15.5 Å². The van der Waals surface area contributed by atoms with Gasteiger partial charge in [0, 0.05) is 23.6 Å².